The van der Waals surface area contributed by atoms with Crippen LogP contribution in [0.4, 0.5) is 5.69 Å². The molecule has 0 aliphatic heterocycles. The maximum atomic E-state index is 4.93. The van der Waals surface area contributed by atoms with Gasteiger partial charge in [-0.15, -0.1) is 11.3 Å². The second-order valence-corrected chi connectivity index (χ2v) is 6.42. The lowest BCUT2D eigenvalue weighted by molar-refractivity contribution is 0.692. The lowest BCUT2D eigenvalue weighted by atomic mass is 10.0. The van der Waals surface area contributed by atoms with E-state index in [1.54, 1.807) is 11.3 Å². The number of rotatable bonds is 3. The summed E-state index contributed by atoms with van der Waals surface area (Å²) in [4.78, 5) is 6.07. The van der Waals surface area contributed by atoms with E-state index in [0.717, 1.165) is 10.5 Å². The molecule has 2 aromatic rings. The van der Waals surface area contributed by atoms with Crippen LogP contribution in [0.1, 0.15) is 49.9 Å². The summed E-state index contributed by atoms with van der Waals surface area (Å²) in [5.74, 6) is 0.510. The van der Waals surface area contributed by atoms with Crippen LogP contribution in [0.2, 0.25) is 0 Å². The van der Waals surface area contributed by atoms with Crippen LogP contribution in [0, 0.1) is 6.92 Å². The Labute approximate surface area is 118 Å². The molecule has 0 bridgehead atoms. The number of aromatic nitrogens is 1. The molecule has 3 rings (SSSR count). The van der Waals surface area contributed by atoms with Gasteiger partial charge in [0.2, 0.25) is 0 Å². The zero-order valence-corrected chi connectivity index (χ0v) is 12.6. The minimum atomic E-state index is 0.510. The standard InChI is InChI=1S/C16H20N2S/c1-11(2)14-6-4-5-7-15(14)17-16-18(13-8-9-13)12(3)10-19-16/h4-7,10-11,13H,8-9H2,1-3H3. The van der Waals surface area contributed by atoms with Crippen LogP contribution in [0.3, 0.4) is 0 Å². The fourth-order valence-corrected chi connectivity index (χ4v) is 3.39. The summed E-state index contributed by atoms with van der Waals surface area (Å²) in [7, 11) is 0. The number of nitrogens with zero attached hydrogens (tertiary/aromatic N) is 2. The number of thiazole rings is 1. The van der Waals surface area contributed by atoms with Crippen LogP contribution in [0.5, 0.6) is 0 Å². The highest BCUT2D eigenvalue weighted by atomic mass is 32.1. The minimum Gasteiger partial charge on any atom is -0.318 e. The zero-order chi connectivity index (χ0) is 13.4. The second-order valence-electron chi connectivity index (χ2n) is 5.59. The fourth-order valence-electron chi connectivity index (χ4n) is 2.44. The smallest absolute Gasteiger partial charge is 0.190 e. The zero-order valence-electron chi connectivity index (χ0n) is 11.8. The maximum Gasteiger partial charge on any atom is 0.190 e. The van der Waals surface area contributed by atoms with Crippen LogP contribution in [-0.4, -0.2) is 4.57 Å². The van der Waals surface area contributed by atoms with Gasteiger partial charge in [-0.05, 0) is 37.3 Å². The Morgan fingerprint density at radius 3 is 2.68 bits per heavy atom. The molecule has 1 aliphatic rings. The SMILES string of the molecule is Cc1csc(=Nc2ccccc2C(C)C)n1C1CC1. The van der Waals surface area contributed by atoms with E-state index >= 15 is 0 Å². The average Bonchev–Trinajstić information content (AvgIpc) is 3.15. The lowest BCUT2D eigenvalue weighted by Gasteiger charge is -2.09. The van der Waals surface area contributed by atoms with E-state index in [-0.39, 0.29) is 0 Å². The molecule has 3 heteroatoms. The molecule has 19 heavy (non-hydrogen) atoms. The van der Waals surface area contributed by atoms with Crippen molar-refractivity contribution in [2.75, 3.05) is 0 Å². The Bertz CT molecular complexity index is 645. The molecule has 0 amide bonds. The van der Waals surface area contributed by atoms with E-state index < -0.39 is 0 Å². The van der Waals surface area contributed by atoms with Crippen molar-refractivity contribution in [2.24, 2.45) is 4.99 Å². The molecule has 1 aromatic carbocycles. The summed E-state index contributed by atoms with van der Waals surface area (Å²) in [5.41, 5.74) is 3.79. The van der Waals surface area contributed by atoms with Crippen LogP contribution in [0.25, 0.3) is 0 Å². The average molecular weight is 272 g/mol. The Morgan fingerprint density at radius 1 is 1.26 bits per heavy atom. The van der Waals surface area contributed by atoms with Gasteiger partial charge in [0.25, 0.3) is 0 Å². The molecule has 0 radical (unpaired) electrons. The third-order valence-electron chi connectivity index (χ3n) is 3.61. The summed E-state index contributed by atoms with van der Waals surface area (Å²) in [6, 6.07) is 9.18. The maximum absolute atomic E-state index is 4.93. The third kappa shape index (κ3) is 2.52. The first-order chi connectivity index (χ1) is 9.16. The first kappa shape index (κ1) is 12.7. The summed E-state index contributed by atoms with van der Waals surface area (Å²) < 4.78 is 2.40. The van der Waals surface area contributed by atoms with Gasteiger partial charge in [-0.2, -0.15) is 0 Å². The van der Waals surface area contributed by atoms with Crippen LogP contribution in [0.15, 0.2) is 34.6 Å². The summed E-state index contributed by atoms with van der Waals surface area (Å²) in [6.45, 7) is 6.63. The third-order valence-corrected chi connectivity index (χ3v) is 4.57. The van der Waals surface area contributed by atoms with Gasteiger partial charge >= 0.3 is 0 Å². The summed E-state index contributed by atoms with van der Waals surface area (Å²) in [5, 5.41) is 2.22. The molecule has 0 saturated heterocycles. The van der Waals surface area contributed by atoms with Crippen molar-refractivity contribution in [2.45, 2.75) is 45.6 Å². The van der Waals surface area contributed by atoms with E-state index in [9.17, 15) is 0 Å². The van der Waals surface area contributed by atoms with Crippen LogP contribution >= 0.6 is 11.3 Å². The van der Waals surface area contributed by atoms with Gasteiger partial charge in [0, 0.05) is 17.1 Å². The van der Waals surface area contributed by atoms with Gasteiger partial charge in [-0.1, -0.05) is 32.0 Å². The number of hydrogen-bond donors (Lipinski definition) is 0. The van der Waals surface area contributed by atoms with Crippen molar-refractivity contribution >= 4 is 17.0 Å². The largest absolute Gasteiger partial charge is 0.318 e. The van der Waals surface area contributed by atoms with Gasteiger partial charge in [0.15, 0.2) is 4.80 Å². The van der Waals surface area contributed by atoms with Crippen LogP contribution in [-0.2, 0) is 0 Å². The van der Waals surface area contributed by atoms with E-state index in [2.05, 4.69) is 55.0 Å². The molecule has 1 aliphatic carbocycles. The van der Waals surface area contributed by atoms with Crippen LogP contribution < -0.4 is 4.80 Å². The Hall–Kier alpha value is -1.35. The van der Waals surface area contributed by atoms with E-state index in [4.69, 9.17) is 4.99 Å². The molecule has 1 aromatic heterocycles. The number of hydrogen-bond acceptors (Lipinski definition) is 2. The highest BCUT2D eigenvalue weighted by molar-refractivity contribution is 7.07. The monoisotopic (exact) mass is 272 g/mol. The summed E-state index contributed by atoms with van der Waals surface area (Å²) in [6.07, 6.45) is 2.60. The van der Waals surface area contributed by atoms with E-state index in [1.165, 1.54) is 24.1 Å². The van der Waals surface area contributed by atoms with Gasteiger partial charge in [0.1, 0.15) is 0 Å². The molecule has 100 valence electrons. The number of benzene rings is 1. The van der Waals surface area contributed by atoms with Crippen molar-refractivity contribution in [1.82, 2.24) is 4.57 Å². The second kappa shape index (κ2) is 4.97. The molecule has 1 heterocycles. The van der Waals surface area contributed by atoms with Gasteiger partial charge in [-0.25, -0.2) is 4.99 Å². The van der Waals surface area contributed by atoms with Crippen molar-refractivity contribution in [3.05, 3.63) is 45.7 Å². The van der Waals surface area contributed by atoms with Gasteiger partial charge in [-0.3, -0.25) is 0 Å². The highest BCUT2D eigenvalue weighted by Crippen LogP contribution is 2.35. The predicted octanol–water partition coefficient (Wildman–Crippen LogP) is 4.55. The first-order valence-corrected chi connectivity index (χ1v) is 7.85. The molecule has 0 unspecified atom stereocenters. The molecular formula is C16H20N2S. The van der Waals surface area contributed by atoms with Gasteiger partial charge in [0.05, 0.1) is 5.69 Å². The molecule has 1 saturated carbocycles. The van der Waals surface area contributed by atoms with E-state index in [1.807, 2.05) is 0 Å². The Kier molecular flexibility index (Phi) is 3.31. The van der Waals surface area contributed by atoms with Crippen molar-refractivity contribution < 1.29 is 0 Å². The molecule has 0 spiro atoms. The van der Waals surface area contributed by atoms with E-state index in [0.29, 0.717) is 12.0 Å². The molecule has 1 fully saturated rings. The number of aryl methyl sites for hydroxylation is 1. The van der Waals surface area contributed by atoms with Crippen molar-refractivity contribution in [1.29, 1.82) is 0 Å². The van der Waals surface area contributed by atoms with Crippen molar-refractivity contribution in [3.63, 3.8) is 0 Å². The first-order valence-electron chi connectivity index (χ1n) is 6.97. The minimum absolute atomic E-state index is 0.510. The fraction of sp³-hybridized carbons (Fsp3) is 0.438. The predicted molar refractivity (Wildman–Crippen MR) is 81.1 cm³/mol. The van der Waals surface area contributed by atoms with Gasteiger partial charge < -0.3 is 4.57 Å². The summed E-state index contributed by atoms with van der Waals surface area (Å²) >= 11 is 1.76. The topological polar surface area (TPSA) is 17.3 Å². The lowest BCUT2D eigenvalue weighted by Crippen LogP contribution is -2.14. The molecule has 0 atom stereocenters. The molecule has 2 nitrogen and oxygen atoms in total. The van der Waals surface area contributed by atoms with Crippen molar-refractivity contribution in [3.8, 4) is 0 Å². The highest BCUT2D eigenvalue weighted by Gasteiger charge is 2.25. The molecular weight excluding hydrogens is 252 g/mol. The Morgan fingerprint density at radius 2 is 2.00 bits per heavy atom. The normalized spacial score (nSPS) is 16.3. The quantitative estimate of drug-likeness (QED) is 0.780. The number of para-hydroxylation sites is 1. The molecule has 0 N–H and O–H groups in total. The Balaban J connectivity index is 2.11.